The first-order valence-corrected chi connectivity index (χ1v) is 10.4. The maximum absolute atomic E-state index is 12.9. The number of aromatic nitrogens is 4. The van der Waals surface area contributed by atoms with Gasteiger partial charge in [0.15, 0.2) is 5.16 Å². The van der Waals surface area contributed by atoms with E-state index in [1.807, 2.05) is 22.6 Å². The van der Waals surface area contributed by atoms with E-state index in [4.69, 9.17) is 9.47 Å². The molecule has 3 rings (SSSR count). The van der Waals surface area contributed by atoms with Gasteiger partial charge in [-0.05, 0) is 25.0 Å². The van der Waals surface area contributed by atoms with Crippen LogP contribution in [0.2, 0.25) is 0 Å². The molecule has 0 radical (unpaired) electrons. The number of rotatable bonds is 11. The van der Waals surface area contributed by atoms with Crippen LogP contribution in [0, 0.1) is 0 Å². The van der Waals surface area contributed by atoms with Crippen LogP contribution in [0.15, 0.2) is 34.2 Å². The van der Waals surface area contributed by atoms with E-state index < -0.39 is 0 Å². The molecule has 10 heteroatoms. The summed E-state index contributed by atoms with van der Waals surface area (Å²) >= 11 is 1.29. The maximum atomic E-state index is 12.9. The molecule has 0 atom stereocenters. The summed E-state index contributed by atoms with van der Waals surface area (Å²) in [6, 6.07) is 7.36. The Balaban J connectivity index is 1.87. The zero-order valence-corrected chi connectivity index (χ0v) is 17.4. The number of hydrogen-bond donors (Lipinski definition) is 1. The molecule has 1 N–H and O–H groups in total. The van der Waals surface area contributed by atoms with Gasteiger partial charge in [-0.3, -0.25) is 18.6 Å². The summed E-state index contributed by atoms with van der Waals surface area (Å²) in [6.07, 6.45) is 1.45. The van der Waals surface area contributed by atoms with E-state index >= 15 is 0 Å². The summed E-state index contributed by atoms with van der Waals surface area (Å²) in [5.74, 6) is 0.596. The molecule has 9 nitrogen and oxygen atoms in total. The number of benzene rings is 1. The molecular formula is C19H25N5O4S. The summed E-state index contributed by atoms with van der Waals surface area (Å²) in [5.41, 5.74) is 0.618. The highest BCUT2D eigenvalue weighted by molar-refractivity contribution is 7.99. The summed E-state index contributed by atoms with van der Waals surface area (Å²) in [5, 5.41) is 12.5. The van der Waals surface area contributed by atoms with Crippen molar-refractivity contribution in [2.24, 2.45) is 0 Å². The lowest BCUT2D eigenvalue weighted by molar-refractivity contribution is -0.118. The Morgan fingerprint density at radius 3 is 2.69 bits per heavy atom. The van der Waals surface area contributed by atoms with Gasteiger partial charge in [-0.1, -0.05) is 23.9 Å². The molecule has 0 aliphatic carbocycles. The summed E-state index contributed by atoms with van der Waals surface area (Å²) in [6.45, 7) is 2.19. The third-order valence-electron chi connectivity index (χ3n) is 4.39. The molecule has 0 fully saturated rings. The van der Waals surface area contributed by atoms with Crippen LogP contribution in [0.3, 0.4) is 0 Å². The highest BCUT2D eigenvalue weighted by Gasteiger charge is 2.17. The summed E-state index contributed by atoms with van der Waals surface area (Å²) in [4.78, 5) is 25.0. The molecule has 2 heterocycles. The van der Waals surface area contributed by atoms with Gasteiger partial charge in [0.2, 0.25) is 11.7 Å². The second kappa shape index (κ2) is 10.4. The zero-order valence-electron chi connectivity index (χ0n) is 16.6. The van der Waals surface area contributed by atoms with Crippen LogP contribution in [0.1, 0.15) is 12.8 Å². The number of carbonyl (C=O) groups excluding carboxylic acids is 1. The highest BCUT2D eigenvalue weighted by Crippen LogP contribution is 2.21. The molecule has 1 amide bonds. The van der Waals surface area contributed by atoms with Crippen molar-refractivity contribution in [1.29, 1.82) is 0 Å². The van der Waals surface area contributed by atoms with Crippen LogP contribution >= 0.6 is 11.8 Å². The molecule has 0 bridgehead atoms. The van der Waals surface area contributed by atoms with Gasteiger partial charge in [0, 0.05) is 40.5 Å². The quantitative estimate of drug-likeness (QED) is 0.370. The van der Waals surface area contributed by atoms with E-state index in [1.54, 1.807) is 24.9 Å². The number of para-hydroxylation sites is 1. The van der Waals surface area contributed by atoms with Crippen molar-refractivity contribution in [3.63, 3.8) is 0 Å². The lowest BCUT2D eigenvalue weighted by Gasteiger charge is -2.11. The van der Waals surface area contributed by atoms with Gasteiger partial charge < -0.3 is 14.8 Å². The van der Waals surface area contributed by atoms with Crippen molar-refractivity contribution >= 4 is 34.3 Å². The number of hydrogen-bond acceptors (Lipinski definition) is 7. The Hall–Kier alpha value is -2.43. The molecule has 0 aliphatic heterocycles. The Morgan fingerprint density at radius 2 is 1.90 bits per heavy atom. The zero-order chi connectivity index (χ0) is 20.6. The number of aryl methyl sites for hydroxylation is 1. The van der Waals surface area contributed by atoms with Gasteiger partial charge in [-0.2, -0.15) is 0 Å². The minimum absolute atomic E-state index is 0.0828. The number of thioether (sulfide) groups is 1. The number of methoxy groups -OCH3 is 2. The van der Waals surface area contributed by atoms with Gasteiger partial charge in [0.05, 0.1) is 16.7 Å². The molecule has 0 saturated carbocycles. The molecule has 156 valence electrons. The average Bonchev–Trinajstić information content (AvgIpc) is 3.16. The molecule has 29 heavy (non-hydrogen) atoms. The fourth-order valence-electron chi connectivity index (χ4n) is 3.02. The normalized spacial score (nSPS) is 11.4. The number of ether oxygens (including phenoxy) is 2. The smallest absolute Gasteiger partial charge is 0.262 e. The lowest BCUT2D eigenvalue weighted by atomic mass is 10.2. The number of nitrogens with zero attached hydrogens (tertiary/aromatic N) is 4. The summed E-state index contributed by atoms with van der Waals surface area (Å²) in [7, 11) is 3.26. The molecule has 0 aliphatic rings. The number of carbonyl (C=O) groups is 1. The Labute approximate surface area is 172 Å². The van der Waals surface area contributed by atoms with Crippen molar-refractivity contribution in [2.75, 3.05) is 39.7 Å². The van der Waals surface area contributed by atoms with Gasteiger partial charge in [0.25, 0.3) is 5.56 Å². The van der Waals surface area contributed by atoms with Crippen molar-refractivity contribution in [1.82, 2.24) is 24.5 Å². The van der Waals surface area contributed by atoms with E-state index in [2.05, 4.69) is 15.5 Å². The molecule has 0 saturated heterocycles. The number of amides is 1. The predicted molar refractivity (Wildman–Crippen MR) is 111 cm³/mol. The SMILES string of the molecule is COCCCNC(=O)CSc1nnc2n(CCCOC)c(=O)c3ccccc3n12. The van der Waals surface area contributed by atoms with Crippen molar-refractivity contribution < 1.29 is 14.3 Å². The van der Waals surface area contributed by atoms with Crippen LogP contribution in [0.5, 0.6) is 0 Å². The predicted octanol–water partition coefficient (Wildman–Crippen LogP) is 1.33. The average molecular weight is 420 g/mol. The first-order valence-electron chi connectivity index (χ1n) is 9.41. The number of fused-ring (bicyclic) bond motifs is 3. The maximum Gasteiger partial charge on any atom is 0.262 e. The monoisotopic (exact) mass is 419 g/mol. The first kappa shape index (κ1) is 21.3. The van der Waals surface area contributed by atoms with E-state index in [-0.39, 0.29) is 17.2 Å². The lowest BCUT2D eigenvalue weighted by Crippen LogP contribution is -2.27. The number of nitrogens with one attached hydrogen (secondary N) is 1. The second-order valence-corrected chi connectivity index (χ2v) is 7.37. The highest BCUT2D eigenvalue weighted by atomic mass is 32.2. The van der Waals surface area contributed by atoms with Gasteiger partial charge in [0.1, 0.15) is 0 Å². The standard InChI is InChI=1S/C19H25N5O4S/c1-27-11-5-9-20-16(25)13-29-19-22-21-18-23(10-6-12-28-2)17(26)14-7-3-4-8-15(14)24(18)19/h3-4,7-8H,5-6,9-13H2,1-2H3,(H,20,25). The van der Waals surface area contributed by atoms with E-state index in [0.29, 0.717) is 49.0 Å². The second-order valence-electron chi connectivity index (χ2n) is 6.42. The van der Waals surface area contributed by atoms with Crippen molar-refractivity contribution in [2.45, 2.75) is 24.5 Å². The molecular weight excluding hydrogens is 394 g/mol. The van der Waals surface area contributed by atoms with Gasteiger partial charge in [-0.25, -0.2) is 0 Å². The molecule has 0 unspecified atom stereocenters. The topological polar surface area (TPSA) is 99.8 Å². The fraction of sp³-hybridized carbons (Fsp3) is 0.474. The molecule has 1 aromatic carbocycles. The van der Waals surface area contributed by atoms with Crippen LogP contribution in [0.4, 0.5) is 0 Å². The minimum atomic E-state index is -0.107. The van der Waals surface area contributed by atoms with Gasteiger partial charge in [-0.15, -0.1) is 10.2 Å². The third kappa shape index (κ3) is 4.95. The van der Waals surface area contributed by atoms with E-state index in [1.165, 1.54) is 11.8 Å². The van der Waals surface area contributed by atoms with Crippen LogP contribution in [-0.4, -0.2) is 64.8 Å². The van der Waals surface area contributed by atoms with Gasteiger partial charge >= 0.3 is 0 Å². The largest absolute Gasteiger partial charge is 0.385 e. The molecule has 0 spiro atoms. The Bertz CT molecular complexity index is 1030. The van der Waals surface area contributed by atoms with E-state index in [9.17, 15) is 9.59 Å². The van der Waals surface area contributed by atoms with Crippen molar-refractivity contribution in [3.05, 3.63) is 34.6 Å². The molecule has 3 aromatic rings. The third-order valence-corrected chi connectivity index (χ3v) is 5.32. The Morgan fingerprint density at radius 1 is 1.14 bits per heavy atom. The Kier molecular flexibility index (Phi) is 7.62. The van der Waals surface area contributed by atoms with Crippen LogP contribution < -0.4 is 10.9 Å². The first-order chi connectivity index (χ1) is 14.2. The summed E-state index contributed by atoms with van der Waals surface area (Å²) < 4.78 is 13.5. The minimum Gasteiger partial charge on any atom is -0.385 e. The van der Waals surface area contributed by atoms with Crippen LogP contribution in [0.25, 0.3) is 16.7 Å². The van der Waals surface area contributed by atoms with E-state index in [0.717, 1.165) is 11.9 Å². The fourth-order valence-corrected chi connectivity index (χ4v) is 3.79. The van der Waals surface area contributed by atoms with Crippen molar-refractivity contribution in [3.8, 4) is 0 Å². The molecule has 2 aromatic heterocycles. The van der Waals surface area contributed by atoms with Crippen LogP contribution in [-0.2, 0) is 20.8 Å².